The van der Waals surface area contributed by atoms with E-state index >= 15 is 0 Å². The summed E-state index contributed by atoms with van der Waals surface area (Å²) in [5.41, 5.74) is 0.960. The molecular weight excluding hydrogens is 384 g/mol. The summed E-state index contributed by atoms with van der Waals surface area (Å²) in [7, 11) is 0. The molecule has 2 aliphatic heterocycles. The van der Waals surface area contributed by atoms with Crippen LogP contribution in [0.4, 0.5) is 0 Å². The SMILES string of the molecule is O=C(c1ccc(-c2nc3ccccc3s2)o1)N1CCN(CCN2CCCC2)CC1. The van der Waals surface area contributed by atoms with Gasteiger partial charge in [-0.25, -0.2) is 4.98 Å². The van der Waals surface area contributed by atoms with Gasteiger partial charge in [-0.3, -0.25) is 9.69 Å². The second kappa shape index (κ2) is 8.26. The van der Waals surface area contributed by atoms with E-state index in [0.29, 0.717) is 11.5 Å². The summed E-state index contributed by atoms with van der Waals surface area (Å²) in [4.78, 5) is 24.4. The van der Waals surface area contributed by atoms with Gasteiger partial charge in [0.25, 0.3) is 5.91 Å². The van der Waals surface area contributed by atoms with Crippen LogP contribution in [0.25, 0.3) is 21.0 Å². The summed E-state index contributed by atoms with van der Waals surface area (Å²) >= 11 is 1.59. The Morgan fingerprint density at radius 2 is 1.66 bits per heavy atom. The van der Waals surface area contributed by atoms with E-state index in [-0.39, 0.29) is 5.91 Å². The quantitative estimate of drug-likeness (QED) is 0.645. The molecule has 0 unspecified atom stereocenters. The predicted molar refractivity (Wildman–Crippen MR) is 115 cm³/mol. The van der Waals surface area contributed by atoms with E-state index in [9.17, 15) is 4.79 Å². The Morgan fingerprint density at radius 1 is 0.931 bits per heavy atom. The molecule has 2 fully saturated rings. The molecule has 1 aromatic carbocycles. The molecule has 0 N–H and O–H groups in total. The lowest BCUT2D eigenvalue weighted by molar-refractivity contribution is 0.0597. The summed E-state index contributed by atoms with van der Waals surface area (Å²) in [5, 5.41) is 0.817. The van der Waals surface area contributed by atoms with Gasteiger partial charge in [0, 0.05) is 39.3 Å². The number of fused-ring (bicyclic) bond motifs is 1. The standard InChI is InChI=1S/C22H26N4O2S/c27-22(26-15-13-25(14-16-26)12-11-24-9-3-4-10-24)19-8-7-18(28-19)21-23-17-5-1-2-6-20(17)29-21/h1-2,5-8H,3-4,9-16H2. The fourth-order valence-electron chi connectivity index (χ4n) is 4.16. The van der Waals surface area contributed by atoms with E-state index in [2.05, 4.69) is 20.9 Å². The van der Waals surface area contributed by atoms with Gasteiger partial charge in [0.2, 0.25) is 0 Å². The maximum Gasteiger partial charge on any atom is 0.289 e. The Labute approximate surface area is 174 Å². The second-order valence-electron chi connectivity index (χ2n) is 7.83. The van der Waals surface area contributed by atoms with Crippen molar-refractivity contribution in [3.8, 4) is 10.8 Å². The molecule has 0 aliphatic carbocycles. The number of benzene rings is 1. The van der Waals surface area contributed by atoms with Crippen LogP contribution in [0, 0.1) is 0 Å². The number of furan rings is 1. The van der Waals surface area contributed by atoms with Crippen LogP contribution >= 0.6 is 11.3 Å². The molecule has 5 rings (SSSR count). The maximum absolute atomic E-state index is 12.9. The summed E-state index contributed by atoms with van der Waals surface area (Å²) in [6, 6.07) is 11.7. The van der Waals surface area contributed by atoms with Gasteiger partial charge < -0.3 is 14.2 Å². The first-order valence-electron chi connectivity index (χ1n) is 10.5. The molecular formula is C22H26N4O2S. The van der Waals surface area contributed by atoms with Crippen molar-refractivity contribution in [3.05, 3.63) is 42.2 Å². The molecule has 0 atom stereocenters. The van der Waals surface area contributed by atoms with Gasteiger partial charge in [-0.05, 0) is 50.2 Å². The minimum Gasteiger partial charge on any atom is -0.448 e. The summed E-state index contributed by atoms with van der Waals surface area (Å²) in [6.45, 7) is 8.13. The number of likely N-dealkylation sites (tertiary alicyclic amines) is 1. The third kappa shape index (κ3) is 4.08. The normalized spacial score (nSPS) is 18.7. The van der Waals surface area contributed by atoms with E-state index in [1.165, 1.54) is 25.9 Å². The van der Waals surface area contributed by atoms with Gasteiger partial charge in [0.15, 0.2) is 16.5 Å². The number of carbonyl (C=O) groups is 1. The Hall–Kier alpha value is -2.22. The minimum atomic E-state index is -0.0171. The van der Waals surface area contributed by atoms with Crippen molar-refractivity contribution in [2.45, 2.75) is 12.8 Å². The van der Waals surface area contributed by atoms with Crippen LogP contribution in [0.5, 0.6) is 0 Å². The number of carbonyl (C=O) groups excluding carboxylic acids is 1. The molecule has 2 saturated heterocycles. The van der Waals surface area contributed by atoms with Crippen molar-refractivity contribution in [1.29, 1.82) is 0 Å². The second-order valence-corrected chi connectivity index (χ2v) is 8.86. The first-order valence-corrected chi connectivity index (χ1v) is 11.3. The molecule has 0 spiro atoms. The lowest BCUT2D eigenvalue weighted by Crippen LogP contribution is -2.50. The van der Waals surface area contributed by atoms with E-state index in [1.54, 1.807) is 17.4 Å². The molecule has 7 heteroatoms. The van der Waals surface area contributed by atoms with Crippen LogP contribution < -0.4 is 0 Å². The van der Waals surface area contributed by atoms with Crippen LogP contribution in [0.15, 0.2) is 40.8 Å². The first kappa shape index (κ1) is 18.8. The number of para-hydroxylation sites is 1. The molecule has 0 saturated carbocycles. The van der Waals surface area contributed by atoms with Crippen molar-refractivity contribution in [1.82, 2.24) is 19.7 Å². The number of amides is 1. The van der Waals surface area contributed by atoms with Crippen LogP contribution in [-0.4, -0.2) is 77.9 Å². The molecule has 2 aromatic heterocycles. The largest absolute Gasteiger partial charge is 0.448 e. The smallest absolute Gasteiger partial charge is 0.289 e. The van der Waals surface area contributed by atoms with Crippen LogP contribution in [0.3, 0.4) is 0 Å². The zero-order valence-electron chi connectivity index (χ0n) is 16.5. The maximum atomic E-state index is 12.9. The van der Waals surface area contributed by atoms with Crippen molar-refractivity contribution < 1.29 is 9.21 Å². The van der Waals surface area contributed by atoms with Crippen molar-refractivity contribution in [2.75, 3.05) is 52.4 Å². The number of rotatable bonds is 5. The van der Waals surface area contributed by atoms with E-state index in [4.69, 9.17) is 4.42 Å². The highest BCUT2D eigenvalue weighted by molar-refractivity contribution is 7.21. The third-order valence-electron chi connectivity index (χ3n) is 5.91. The number of hydrogen-bond donors (Lipinski definition) is 0. The molecule has 1 amide bonds. The van der Waals surface area contributed by atoms with Crippen molar-refractivity contribution in [3.63, 3.8) is 0 Å². The Morgan fingerprint density at radius 3 is 2.41 bits per heavy atom. The highest BCUT2D eigenvalue weighted by atomic mass is 32.1. The molecule has 0 bridgehead atoms. The summed E-state index contributed by atoms with van der Waals surface area (Å²) in [5.74, 6) is 1.06. The summed E-state index contributed by atoms with van der Waals surface area (Å²) < 4.78 is 7.01. The predicted octanol–water partition coefficient (Wildman–Crippen LogP) is 3.41. The molecule has 4 heterocycles. The molecule has 3 aromatic rings. The van der Waals surface area contributed by atoms with Gasteiger partial charge in [0.05, 0.1) is 10.2 Å². The number of piperazine rings is 1. The number of nitrogens with zero attached hydrogens (tertiary/aromatic N) is 4. The average Bonchev–Trinajstić information content (AvgIpc) is 3.52. The van der Waals surface area contributed by atoms with Gasteiger partial charge in [-0.1, -0.05) is 12.1 Å². The molecule has 29 heavy (non-hydrogen) atoms. The number of aromatic nitrogens is 1. The molecule has 152 valence electrons. The third-order valence-corrected chi connectivity index (χ3v) is 6.96. The minimum absolute atomic E-state index is 0.0171. The summed E-state index contributed by atoms with van der Waals surface area (Å²) in [6.07, 6.45) is 2.68. The fourth-order valence-corrected chi connectivity index (χ4v) is 5.09. The first-order chi connectivity index (χ1) is 14.3. The monoisotopic (exact) mass is 410 g/mol. The van der Waals surface area contributed by atoms with Crippen LogP contribution in [0.2, 0.25) is 0 Å². The molecule has 2 aliphatic rings. The van der Waals surface area contributed by atoms with Gasteiger partial charge in [0.1, 0.15) is 0 Å². The van der Waals surface area contributed by atoms with E-state index in [1.807, 2.05) is 29.2 Å². The van der Waals surface area contributed by atoms with E-state index in [0.717, 1.165) is 54.5 Å². The van der Waals surface area contributed by atoms with Gasteiger partial charge >= 0.3 is 0 Å². The number of thiazole rings is 1. The van der Waals surface area contributed by atoms with Crippen molar-refractivity contribution in [2.24, 2.45) is 0 Å². The lowest BCUT2D eigenvalue weighted by Gasteiger charge is -2.35. The zero-order chi connectivity index (χ0) is 19.6. The average molecular weight is 411 g/mol. The van der Waals surface area contributed by atoms with Crippen LogP contribution in [-0.2, 0) is 0 Å². The van der Waals surface area contributed by atoms with Gasteiger partial charge in [-0.2, -0.15) is 0 Å². The molecule has 0 radical (unpaired) electrons. The Bertz CT molecular complexity index is 951. The Balaban J connectivity index is 1.18. The lowest BCUT2D eigenvalue weighted by atomic mass is 10.3. The fraction of sp³-hybridized carbons (Fsp3) is 0.455. The Kier molecular flexibility index (Phi) is 5.35. The molecule has 6 nitrogen and oxygen atoms in total. The highest BCUT2D eigenvalue weighted by Gasteiger charge is 2.25. The van der Waals surface area contributed by atoms with Crippen LogP contribution in [0.1, 0.15) is 23.4 Å². The highest BCUT2D eigenvalue weighted by Crippen LogP contribution is 2.31. The zero-order valence-corrected chi connectivity index (χ0v) is 17.4. The van der Waals surface area contributed by atoms with E-state index < -0.39 is 0 Å². The van der Waals surface area contributed by atoms with Crippen molar-refractivity contribution >= 4 is 27.5 Å². The topological polar surface area (TPSA) is 52.8 Å². The number of hydrogen-bond acceptors (Lipinski definition) is 6. The van der Waals surface area contributed by atoms with Gasteiger partial charge in [-0.15, -0.1) is 11.3 Å².